The third-order valence-corrected chi connectivity index (χ3v) is 3.48. The summed E-state index contributed by atoms with van der Waals surface area (Å²) < 4.78 is 18.8. The van der Waals surface area contributed by atoms with Crippen molar-refractivity contribution in [2.45, 2.75) is 6.54 Å². The number of methoxy groups -OCH3 is 1. The average Bonchev–Trinajstić information content (AvgIpc) is 2.98. The number of fused-ring (bicyclic) bond motifs is 1. The van der Waals surface area contributed by atoms with Crippen molar-refractivity contribution in [3.05, 3.63) is 65.6 Å². The molecule has 1 aromatic heterocycles. The molecule has 0 aliphatic rings. The molecule has 0 saturated heterocycles. The smallest absolute Gasteiger partial charge is 0.268 e. The topological polar surface area (TPSA) is 54.1 Å². The molecule has 0 unspecified atom stereocenters. The van der Waals surface area contributed by atoms with Gasteiger partial charge in [0.2, 0.25) is 0 Å². The minimum absolute atomic E-state index is 0.137. The van der Waals surface area contributed by atoms with E-state index < -0.39 is 0 Å². The highest BCUT2D eigenvalue weighted by Gasteiger charge is 2.12. The zero-order chi connectivity index (χ0) is 15.5. The Balaban J connectivity index is 1.79. The molecule has 3 rings (SSSR count). The average molecular weight is 298 g/mol. The SMILES string of the molecule is COc1cccc2cc(C(=O)NCc3ccccc3F)[nH]c12. The minimum Gasteiger partial charge on any atom is -0.495 e. The number of hydrogen-bond donors (Lipinski definition) is 2. The highest BCUT2D eigenvalue weighted by atomic mass is 19.1. The predicted octanol–water partition coefficient (Wildman–Crippen LogP) is 3.25. The van der Waals surface area contributed by atoms with Gasteiger partial charge in [-0.15, -0.1) is 0 Å². The highest BCUT2D eigenvalue weighted by molar-refractivity contribution is 5.99. The molecule has 0 aliphatic heterocycles. The summed E-state index contributed by atoms with van der Waals surface area (Å²) in [5, 5.41) is 3.59. The summed E-state index contributed by atoms with van der Waals surface area (Å²) in [4.78, 5) is 15.2. The number of benzene rings is 2. The first kappa shape index (κ1) is 14.1. The third kappa shape index (κ3) is 2.65. The number of carbonyl (C=O) groups is 1. The molecule has 0 spiro atoms. The molecule has 0 fully saturated rings. The lowest BCUT2D eigenvalue weighted by Crippen LogP contribution is -2.23. The monoisotopic (exact) mass is 298 g/mol. The van der Waals surface area contributed by atoms with Gasteiger partial charge in [0.1, 0.15) is 17.3 Å². The molecule has 5 heteroatoms. The second-order valence-corrected chi connectivity index (χ2v) is 4.88. The number of nitrogens with one attached hydrogen (secondary N) is 2. The zero-order valence-electron chi connectivity index (χ0n) is 12.0. The quantitative estimate of drug-likeness (QED) is 0.777. The number of aromatic nitrogens is 1. The first-order valence-corrected chi connectivity index (χ1v) is 6.86. The number of aromatic amines is 1. The third-order valence-electron chi connectivity index (χ3n) is 3.48. The van der Waals surface area contributed by atoms with Crippen LogP contribution in [0.3, 0.4) is 0 Å². The van der Waals surface area contributed by atoms with Gasteiger partial charge >= 0.3 is 0 Å². The van der Waals surface area contributed by atoms with E-state index in [2.05, 4.69) is 10.3 Å². The molecule has 0 bridgehead atoms. The molecule has 0 radical (unpaired) electrons. The first-order valence-electron chi connectivity index (χ1n) is 6.86. The molecule has 2 aromatic carbocycles. The van der Waals surface area contributed by atoms with Crippen LogP contribution < -0.4 is 10.1 Å². The molecule has 0 saturated carbocycles. The van der Waals surface area contributed by atoms with Crippen LogP contribution in [0.4, 0.5) is 4.39 Å². The molecule has 22 heavy (non-hydrogen) atoms. The molecule has 2 N–H and O–H groups in total. The number of hydrogen-bond acceptors (Lipinski definition) is 2. The fourth-order valence-corrected chi connectivity index (χ4v) is 2.33. The van der Waals surface area contributed by atoms with Crippen LogP contribution in [0.2, 0.25) is 0 Å². The predicted molar refractivity (Wildman–Crippen MR) is 82.4 cm³/mol. The second-order valence-electron chi connectivity index (χ2n) is 4.88. The van der Waals surface area contributed by atoms with Gasteiger partial charge in [-0.2, -0.15) is 0 Å². The molecular weight excluding hydrogens is 283 g/mol. The van der Waals surface area contributed by atoms with Crippen molar-refractivity contribution in [1.29, 1.82) is 0 Å². The van der Waals surface area contributed by atoms with Crippen molar-refractivity contribution in [3.63, 3.8) is 0 Å². The van der Waals surface area contributed by atoms with Gasteiger partial charge in [0.25, 0.3) is 5.91 Å². The van der Waals surface area contributed by atoms with E-state index in [4.69, 9.17) is 4.74 Å². The Hall–Kier alpha value is -2.82. The fourth-order valence-electron chi connectivity index (χ4n) is 2.33. The molecular formula is C17H15FN2O2. The van der Waals surface area contributed by atoms with Crippen LogP contribution in [0.1, 0.15) is 16.1 Å². The summed E-state index contributed by atoms with van der Waals surface area (Å²) in [5.41, 5.74) is 1.63. The van der Waals surface area contributed by atoms with Crippen molar-refractivity contribution in [1.82, 2.24) is 10.3 Å². The molecule has 0 atom stereocenters. The number of H-pyrrole nitrogens is 1. The maximum absolute atomic E-state index is 13.5. The number of ether oxygens (including phenoxy) is 1. The summed E-state index contributed by atoms with van der Waals surface area (Å²) in [7, 11) is 1.58. The van der Waals surface area contributed by atoms with Gasteiger partial charge in [-0.1, -0.05) is 30.3 Å². The van der Waals surface area contributed by atoms with E-state index >= 15 is 0 Å². The van der Waals surface area contributed by atoms with Crippen LogP contribution in [0.5, 0.6) is 5.75 Å². The summed E-state index contributed by atoms with van der Waals surface area (Å²) in [6.45, 7) is 0.137. The van der Waals surface area contributed by atoms with Crippen molar-refractivity contribution in [2.75, 3.05) is 7.11 Å². The van der Waals surface area contributed by atoms with E-state index in [1.165, 1.54) is 6.07 Å². The maximum Gasteiger partial charge on any atom is 0.268 e. The Morgan fingerprint density at radius 2 is 2.05 bits per heavy atom. The number of carbonyl (C=O) groups excluding carboxylic acids is 1. The molecule has 4 nitrogen and oxygen atoms in total. The van der Waals surface area contributed by atoms with Gasteiger partial charge in [-0.05, 0) is 18.2 Å². The molecule has 3 aromatic rings. The number of rotatable bonds is 4. The molecule has 1 amide bonds. The van der Waals surface area contributed by atoms with E-state index in [9.17, 15) is 9.18 Å². The fraction of sp³-hybridized carbons (Fsp3) is 0.118. The second kappa shape index (κ2) is 5.89. The molecule has 0 aliphatic carbocycles. The summed E-state index contributed by atoms with van der Waals surface area (Å²) in [6, 6.07) is 13.7. The van der Waals surface area contributed by atoms with Crippen LogP contribution in [0.15, 0.2) is 48.5 Å². The summed E-state index contributed by atoms with van der Waals surface area (Å²) >= 11 is 0. The number of para-hydroxylation sites is 1. The lowest BCUT2D eigenvalue weighted by Gasteiger charge is -2.05. The standard InChI is InChI=1S/C17H15FN2O2/c1-22-15-8-4-6-11-9-14(20-16(11)15)17(21)19-10-12-5-2-3-7-13(12)18/h2-9,20H,10H2,1H3,(H,19,21). The Morgan fingerprint density at radius 1 is 1.23 bits per heavy atom. The van der Waals surface area contributed by atoms with E-state index in [1.807, 2.05) is 18.2 Å². The Kier molecular flexibility index (Phi) is 3.78. The summed E-state index contributed by atoms with van der Waals surface area (Å²) in [6.07, 6.45) is 0. The van der Waals surface area contributed by atoms with Crippen LogP contribution in [0, 0.1) is 5.82 Å². The molecule has 1 heterocycles. The first-order chi connectivity index (χ1) is 10.7. The van der Waals surface area contributed by atoms with Crippen molar-refractivity contribution >= 4 is 16.8 Å². The van der Waals surface area contributed by atoms with E-state index in [1.54, 1.807) is 31.4 Å². The van der Waals surface area contributed by atoms with E-state index in [0.717, 1.165) is 10.9 Å². The Bertz CT molecular complexity index is 826. The van der Waals surface area contributed by atoms with Crippen LogP contribution >= 0.6 is 0 Å². The number of amides is 1. The highest BCUT2D eigenvalue weighted by Crippen LogP contribution is 2.25. The van der Waals surface area contributed by atoms with Crippen LogP contribution in [-0.2, 0) is 6.54 Å². The van der Waals surface area contributed by atoms with Crippen molar-refractivity contribution in [2.24, 2.45) is 0 Å². The van der Waals surface area contributed by atoms with E-state index in [-0.39, 0.29) is 18.3 Å². The van der Waals surface area contributed by atoms with Gasteiger partial charge in [0.05, 0.1) is 12.6 Å². The lowest BCUT2D eigenvalue weighted by molar-refractivity contribution is 0.0946. The van der Waals surface area contributed by atoms with Gasteiger partial charge in [-0.25, -0.2) is 4.39 Å². The Labute approximate surface area is 126 Å². The zero-order valence-corrected chi connectivity index (χ0v) is 12.0. The van der Waals surface area contributed by atoms with Gasteiger partial charge in [-0.3, -0.25) is 4.79 Å². The minimum atomic E-state index is -0.332. The molecule has 112 valence electrons. The van der Waals surface area contributed by atoms with Crippen LogP contribution in [-0.4, -0.2) is 18.0 Å². The van der Waals surface area contributed by atoms with Gasteiger partial charge in [0.15, 0.2) is 0 Å². The van der Waals surface area contributed by atoms with Crippen molar-refractivity contribution < 1.29 is 13.9 Å². The maximum atomic E-state index is 13.5. The lowest BCUT2D eigenvalue weighted by atomic mass is 10.2. The normalized spacial score (nSPS) is 10.6. The number of halogens is 1. The van der Waals surface area contributed by atoms with Crippen molar-refractivity contribution in [3.8, 4) is 5.75 Å². The van der Waals surface area contributed by atoms with Gasteiger partial charge < -0.3 is 15.0 Å². The van der Waals surface area contributed by atoms with Gasteiger partial charge in [0, 0.05) is 17.5 Å². The van der Waals surface area contributed by atoms with E-state index in [0.29, 0.717) is 17.0 Å². The largest absolute Gasteiger partial charge is 0.495 e. The van der Waals surface area contributed by atoms with Crippen LogP contribution in [0.25, 0.3) is 10.9 Å². The summed E-state index contributed by atoms with van der Waals surface area (Å²) in [5.74, 6) is 0.0493. The Morgan fingerprint density at radius 3 is 2.82 bits per heavy atom.